The van der Waals surface area contributed by atoms with Crippen molar-refractivity contribution in [3.8, 4) is 0 Å². The molecule has 3 N–H and O–H groups in total. The summed E-state index contributed by atoms with van der Waals surface area (Å²) in [5, 5.41) is 10.6. The molecule has 0 amide bonds. The number of aliphatic hydroxyl groups excluding tert-OH is 1. The standard InChI is InChI=1S/C74H144O17P2/c1-64(2)50-42-34-26-19-15-13-11-9-10-12-14-16-21-30-38-46-54-71(76)84-60-69(90-73(78)56-48-40-32-22-18-17-20-27-35-43-51-65(3)4)62-88-92(80,81)86-58-68(75)59-87-93(82,83)89-63-70(91-74(79)57-49-41-33-25-29-37-45-53-67(7)8)61-85-72(77)55-47-39-31-24-23-28-36-44-52-66(5)6/h64-70,75H,9-63H2,1-8H3,(H,80,81)(H,82,83)/t68?,69-,70-/m1/s1. The molecule has 0 rings (SSSR count). The number of unbranched alkanes of at least 4 members (excludes halogenated alkanes) is 37. The van der Waals surface area contributed by atoms with Crippen LogP contribution in [0.5, 0.6) is 0 Å². The van der Waals surface area contributed by atoms with Crippen LogP contribution in [-0.4, -0.2) is 96.7 Å². The summed E-state index contributed by atoms with van der Waals surface area (Å²) in [5.74, 6) is 0.860. The zero-order valence-electron chi connectivity index (χ0n) is 60.9. The number of hydrogen-bond acceptors (Lipinski definition) is 15. The summed E-state index contributed by atoms with van der Waals surface area (Å²) in [4.78, 5) is 72.7. The second-order valence-corrected chi connectivity index (χ2v) is 31.5. The molecule has 19 heteroatoms. The molecule has 5 atom stereocenters. The van der Waals surface area contributed by atoms with Gasteiger partial charge in [-0.1, -0.05) is 319 Å². The summed E-state index contributed by atoms with van der Waals surface area (Å²) in [6.45, 7) is 14.1. The average molecular weight is 1370 g/mol. The number of esters is 4. The van der Waals surface area contributed by atoms with Gasteiger partial charge in [0.2, 0.25) is 0 Å². The molecular formula is C74H144O17P2. The van der Waals surface area contributed by atoms with E-state index in [9.17, 15) is 43.2 Å². The molecule has 0 saturated heterocycles. The quantitative estimate of drug-likeness (QED) is 0.0222. The molecule has 0 bridgehead atoms. The Morgan fingerprint density at radius 1 is 0.269 bits per heavy atom. The summed E-state index contributed by atoms with van der Waals surface area (Å²) in [7, 11) is -9.91. The van der Waals surface area contributed by atoms with Crippen molar-refractivity contribution in [3.05, 3.63) is 0 Å². The highest BCUT2D eigenvalue weighted by Crippen LogP contribution is 2.45. The SMILES string of the molecule is CC(C)CCCCCCCCCCCCCCCCCCC(=O)OC[C@H](COP(=O)(O)OCC(O)COP(=O)(O)OC[C@@H](COC(=O)CCCCCCCCCCC(C)C)OC(=O)CCCCCCCCCC(C)C)OC(=O)CCCCCCCCCCCCC(C)C. The van der Waals surface area contributed by atoms with Gasteiger partial charge in [0.1, 0.15) is 19.3 Å². The Balaban J connectivity index is 5.20. The van der Waals surface area contributed by atoms with Crippen molar-refractivity contribution in [2.75, 3.05) is 39.6 Å². The molecular weight excluding hydrogens is 1220 g/mol. The first kappa shape index (κ1) is 91.1. The van der Waals surface area contributed by atoms with E-state index in [1.54, 1.807) is 0 Å². The van der Waals surface area contributed by atoms with E-state index in [1.807, 2.05) is 0 Å². The molecule has 0 radical (unpaired) electrons. The van der Waals surface area contributed by atoms with E-state index in [0.29, 0.717) is 31.6 Å². The third-order valence-corrected chi connectivity index (χ3v) is 19.0. The van der Waals surface area contributed by atoms with Crippen molar-refractivity contribution < 1.29 is 80.2 Å². The lowest BCUT2D eigenvalue weighted by Crippen LogP contribution is -2.30. The Morgan fingerprint density at radius 3 is 0.667 bits per heavy atom. The first-order valence-corrected chi connectivity index (χ1v) is 41.2. The average Bonchev–Trinajstić information content (AvgIpc) is 2.94. The number of rotatable bonds is 71. The van der Waals surface area contributed by atoms with Crippen LogP contribution < -0.4 is 0 Å². The zero-order chi connectivity index (χ0) is 68.9. The topological polar surface area (TPSA) is 237 Å². The second kappa shape index (κ2) is 63.5. The predicted octanol–water partition coefficient (Wildman–Crippen LogP) is 21.3. The van der Waals surface area contributed by atoms with Crippen molar-refractivity contribution in [1.29, 1.82) is 0 Å². The Hall–Kier alpha value is -1.94. The Bertz CT molecular complexity index is 1830. The van der Waals surface area contributed by atoms with Gasteiger partial charge in [0, 0.05) is 25.7 Å². The number of phosphoric ester groups is 2. The Labute approximate surface area is 568 Å². The fourth-order valence-electron chi connectivity index (χ4n) is 11.2. The number of carbonyl (C=O) groups is 4. The summed E-state index contributed by atoms with van der Waals surface area (Å²) >= 11 is 0. The summed E-state index contributed by atoms with van der Waals surface area (Å²) < 4.78 is 68.4. The van der Waals surface area contributed by atoms with Gasteiger partial charge >= 0.3 is 39.5 Å². The van der Waals surface area contributed by atoms with Gasteiger partial charge < -0.3 is 33.8 Å². The normalized spacial score (nSPS) is 14.2. The maximum atomic E-state index is 13.1. The largest absolute Gasteiger partial charge is 0.472 e. The maximum Gasteiger partial charge on any atom is 0.472 e. The maximum absolute atomic E-state index is 13.1. The van der Waals surface area contributed by atoms with Gasteiger partial charge in [-0.05, 0) is 49.4 Å². The van der Waals surface area contributed by atoms with Crippen LogP contribution in [0.3, 0.4) is 0 Å². The third kappa shape index (κ3) is 68.4. The van der Waals surface area contributed by atoms with E-state index in [-0.39, 0.29) is 25.7 Å². The van der Waals surface area contributed by atoms with Crippen LogP contribution in [0.4, 0.5) is 0 Å². The van der Waals surface area contributed by atoms with Gasteiger partial charge in [0.15, 0.2) is 12.2 Å². The highest BCUT2D eigenvalue weighted by Gasteiger charge is 2.30. The van der Waals surface area contributed by atoms with E-state index in [1.165, 1.54) is 173 Å². The molecule has 93 heavy (non-hydrogen) atoms. The second-order valence-electron chi connectivity index (χ2n) is 28.6. The number of hydrogen-bond donors (Lipinski definition) is 3. The van der Waals surface area contributed by atoms with E-state index in [4.69, 9.17) is 37.0 Å². The zero-order valence-corrected chi connectivity index (χ0v) is 62.7. The number of phosphoric acid groups is 2. The van der Waals surface area contributed by atoms with Crippen molar-refractivity contribution in [2.24, 2.45) is 23.7 Å². The van der Waals surface area contributed by atoms with Crippen LogP contribution in [0.15, 0.2) is 0 Å². The van der Waals surface area contributed by atoms with Crippen LogP contribution >= 0.6 is 15.6 Å². The van der Waals surface area contributed by atoms with E-state index in [2.05, 4.69) is 55.4 Å². The molecule has 0 saturated carbocycles. The van der Waals surface area contributed by atoms with Crippen LogP contribution in [0, 0.1) is 23.7 Å². The highest BCUT2D eigenvalue weighted by atomic mass is 31.2. The minimum absolute atomic E-state index is 0.103. The summed E-state index contributed by atoms with van der Waals surface area (Å²) in [6, 6.07) is 0. The Morgan fingerprint density at radius 2 is 0.452 bits per heavy atom. The molecule has 0 heterocycles. The fraction of sp³-hybridized carbons (Fsp3) is 0.946. The summed E-state index contributed by atoms with van der Waals surface area (Å²) in [5.41, 5.74) is 0. The van der Waals surface area contributed by atoms with Crippen molar-refractivity contribution in [2.45, 2.75) is 388 Å². The third-order valence-electron chi connectivity index (χ3n) is 17.1. The molecule has 17 nitrogen and oxygen atoms in total. The van der Waals surface area contributed by atoms with Gasteiger partial charge in [-0.25, -0.2) is 9.13 Å². The number of aliphatic hydroxyl groups is 1. The van der Waals surface area contributed by atoms with E-state index < -0.39 is 97.5 Å². The molecule has 0 aliphatic carbocycles. The molecule has 0 aromatic heterocycles. The Kier molecular flexibility index (Phi) is 62.2. The van der Waals surface area contributed by atoms with E-state index in [0.717, 1.165) is 108 Å². The minimum atomic E-state index is -4.96. The smallest absolute Gasteiger partial charge is 0.462 e. The van der Waals surface area contributed by atoms with Crippen LogP contribution in [-0.2, 0) is 65.4 Å². The van der Waals surface area contributed by atoms with Gasteiger partial charge in [-0.3, -0.25) is 37.3 Å². The molecule has 0 fully saturated rings. The monoisotopic (exact) mass is 1370 g/mol. The molecule has 0 aromatic rings. The predicted molar refractivity (Wildman–Crippen MR) is 377 cm³/mol. The van der Waals surface area contributed by atoms with Gasteiger partial charge in [0.05, 0.1) is 26.4 Å². The highest BCUT2D eigenvalue weighted by molar-refractivity contribution is 7.47. The molecule has 0 aliphatic rings. The molecule has 0 spiro atoms. The van der Waals surface area contributed by atoms with Gasteiger partial charge in [0.25, 0.3) is 0 Å². The van der Waals surface area contributed by atoms with Crippen LogP contribution in [0.25, 0.3) is 0 Å². The lowest BCUT2D eigenvalue weighted by Gasteiger charge is -2.21. The molecule has 0 aliphatic heterocycles. The molecule has 0 aromatic carbocycles. The summed E-state index contributed by atoms with van der Waals surface area (Å²) in [6.07, 6.45) is 47.4. The van der Waals surface area contributed by atoms with Crippen molar-refractivity contribution in [3.63, 3.8) is 0 Å². The first-order chi connectivity index (χ1) is 44.6. The molecule has 3 unspecified atom stereocenters. The van der Waals surface area contributed by atoms with Crippen molar-refractivity contribution in [1.82, 2.24) is 0 Å². The number of carbonyl (C=O) groups excluding carboxylic acids is 4. The first-order valence-electron chi connectivity index (χ1n) is 38.2. The van der Waals surface area contributed by atoms with Gasteiger partial charge in [-0.15, -0.1) is 0 Å². The fourth-order valence-corrected chi connectivity index (χ4v) is 12.8. The lowest BCUT2D eigenvalue weighted by molar-refractivity contribution is -0.161. The molecule has 552 valence electrons. The van der Waals surface area contributed by atoms with Crippen LogP contribution in [0.2, 0.25) is 0 Å². The van der Waals surface area contributed by atoms with E-state index >= 15 is 0 Å². The lowest BCUT2D eigenvalue weighted by atomic mass is 10.0. The minimum Gasteiger partial charge on any atom is -0.462 e. The van der Waals surface area contributed by atoms with Crippen LogP contribution in [0.1, 0.15) is 370 Å². The number of ether oxygens (including phenoxy) is 4. The van der Waals surface area contributed by atoms with Gasteiger partial charge in [-0.2, -0.15) is 0 Å². The van der Waals surface area contributed by atoms with Crippen molar-refractivity contribution >= 4 is 39.5 Å².